The third-order valence-electron chi connectivity index (χ3n) is 3.62. The van der Waals surface area contributed by atoms with Crippen molar-refractivity contribution in [3.05, 3.63) is 34.9 Å². The maximum Gasteiger partial charge on any atom is 0.317 e. The van der Waals surface area contributed by atoms with Gasteiger partial charge in [0.1, 0.15) is 0 Å². The number of hydrogen-bond donors (Lipinski definition) is 2. The number of carboxylic acids is 1. The van der Waals surface area contributed by atoms with E-state index in [1.54, 1.807) is 24.3 Å². The third-order valence-corrected chi connectivity index (χ3v) is 3.99. The van der Waals surface area contributed by atoms with E-state index in [4.69, 9.17) is 16.9 Å². The van der Waals surface area contributed by atoms with Gasteiger partial charge in [-0.2, -0.15) is 5.26 Å². The number of hydrogen-bond acceptors (Lipinski definition) is 3. The number of urea groups is 1. The van der Waals surface area contributed by atoms with Crippen LogP contribution in [0.5, 0.6) is 0 Å². The first-order valence-electron chi connectivity index (χ1n) is 6.90. The molecular formula is C15H16ClN3O3. The number of aliphatic carboxylic acids is 1. The molecule has 0 spiro atoms. The molecule has 0 aliphatic carbocycles. The molecular weight excluding hydrogens is 306 g/mol. The SMILES string of the molecule is N#CC1CN(C(=O)NCC(Cc2ccccc2Cl)C(=O)O)C1. The first-order valence-corrected chi connectivity index (χ1v) is 7.27. The summed E-state index contributed by atoms with van der Waals surface area (Å²) in [6.45, 7) is 0.808. The van der Waals surface area contributed by atoms with Gasteiger partial charge in [-0.3, -0.25) is 4.79 Å². The number of nitrogens with zero attached hydrogens (tertiary/aromatic N) is 2. The Balaban J connectivity index is 1.88. The van der Waals surface area contributed by atoms with E-state index in [2.05, 4.69) is 11.4 Å². The lowest BCUT2D eigenvalue weighted by atomic mass is 9.99. The fourth-order valence-electron chi connectivity index (χ4n) is 2.22. The van der Waals surface area contributed by atoms with Gasteiger partial charge in [0, 0.05) is 24.7 Å². The molecule has 116 valence electrons. The van der Waals surface area contributed by atoms with Crippen molar-refractivity contribution in [2.24, 2.45) is 11.8 Å². The normalized spacial score (nSPS) is 15.5. The van der Waals surface area contributed by atoms with Crippen LogP contribution >= 0.6 is 11.6 Å². The number of carboxylic acid groups (broad SMARTS) is 1. The monoisotopic (exact) mass is 321 g/mol. The largest absolute Gasteiger partial charge is 0.481 e. The van der Waals surface area contributed by atoms with Crippen molar-refractivity contribution < 1.29 is 14.7 Å². The topological polar surface area (TPSA) is 93.4 Å². The zero-order valence-corrected chi connectivity index (χ0v) is 12.6. The number of nitrogens with one attached hydrogen (secondary N) is 1. The summed E-state index contributed by atoms with van der Waals surface area (Å²) in [5, 5.41) is 21.1. The first-order chi connectivity index (χ1) is 10.5. The molecule has 1 saturated heterocycles. The van der Waals surface area contributed by atoms with E-state index in [1.807, 2.05) is 0 Å². The number of carbonyl (C=O) groups is 2. The molecule has 1 aliphatic heterocycles. The lowest BCUT2D eigenvalue weighted by Gasteiger charge is -2.35. The van der Waals surface area contributed by atoms with Crippen LogP contribution in [0.25, 0.3) is 0 Å². The second kappa shape index (κ2) is 7.14. The first kappa shape index (κ1) is 16.1. The second-order valence-electron chi connectivity index (χ2n) is 5.25. The number of amides is 2. The second-order valence-corrected chi connectivity index (χ2v) is 5.65. The smallest absolute Gasteiger partial charge is 0.317 e. The minimum atomic E-state index is -0.987. The Morgan fingerprint density at radius 2 is 2.14 bits per heavy atom. The van der Waals surface area contributed by atoms with Crippen LogP contribution in [0.1, 0.15) is 5.56 Å². The molecule has 2 amide bonds. The van der Waals surface area contributed by atoms with Crippen molar-refractivity contribution in [3.63, 3.8) is 0 Å². The van der Waals surface area contributed by atoms with Gasteiger partial charge in [-0.1, -0.05) is 29.8 Å². The summed E-state index contributed by atoms with van der Waals surface area (Å²) in [6, 6.07) is 8.79. The Bertz CT molecular complexity index is 608. The minimum Gasteiger partial charge on any atom is -0.481 e. The van der Waals surface area contributed by atoms with E-state index in [1.165, 1.54) is 4.90 Å². The highest BCUT2D eigenvalue weighted by Gasteiger charge is 2.31. The van der Waals surface area contributed by atoms with E-state index in [0.717, 1.165) is 5.56 Å². The molecule has 7 heteroatoms. The molecule has 1 unspecified atom stereocenters. The summed E-state index contributed by atoms with van der Waals surface area (Å²) < 4.78 is 0. The molecule has 2 rings (SSSR count). The van der Waals surface area contributed by atoms with Crippen molar-refractivity contribution in [1.29, 1.82) is 5.26 Å². The van der Waals surface area contributed by atoms with Gasteiger partial charge < -0.3 is 15.3 Å². The third kappa shape index (κ3) is 3.89. The molecule has 0 bridgehead atoms. The van der Waals surface area contributed by atoms with E-state index in [0.29, 0.717) is 18.1 Å². The summed E-state index contributed by atoms with van der Waals surface area (Å²) in [5.74, 6) is -1.86. The Labute approximate surface area is 133 Å². The van der Waals surface area contributed by atoms with Crippen molar-refractivity contribution >= 4 is 23.6 Å². The Kier molecular flexibility index (Phi) is 5.23. The fraction of sp³-hybridized carbons (Fsp3) is 0.400. The quantitative estimate of drug-likeness (QED) is 0.864. The number of likely N-dealkylation sites (tertiary alicyclic amines) is 1. The molecule has 1 atom stereocenters. The Hall–Kier alpha value is -2.26. The number of nitriles is 1. The molecule has 0 radical (unpaired) electrons. The molecule has 0 aromatic heterocycles. The van der Waals surface area contributed by atoms with Gasteiger partial charge in [0.2, 0.25) is 0 Å². The highest BCUT2D eigenvalue weighted by molar-refractivity contribution is 6.31. The van der Waals surface area contributed by atoms with Crippen LogP contribution in [0.4, 0.5) is 4.79 Å². The predicted molar refractivity (Wildman–Crippen MR) is 80.4 cm³/mol. The predicted octanol–water partition coefficient (Wildman–Crippen LogP) is 1.75. The van der Waals surface area contributed by atoms with Crippen LogP contribution in [-0.4, -0.2) is 41.6 Å². The van der Waals surface area contributed by atoms with Crippen LogP contribution in [0, 0.1) is 23.2 Å². The number of benzene rings is 1. The molecule has 1 aromatic carbocycles. The number of rotatable bonds is 5. The van der Waals surface area contributed by atoms with Gasteiger partial charge in [-0.05, 0) is 18.1 Å². The van der Waals surface area contributed by atoms with Gasteiger partial charge in [0.25, 0.3) is 0 Å². The van der Waals surface area contributed by atoms with Gasteiger partial charge in [-0.25, -0.2) is 4.79 Å². The Morgan fingerprint density at radius 1 is 1.45 bits per heavy atom. The average Bonchev–Trinajstić information content (AvgIpc) is 2.43. The molecule has 1 heterocycles. The minimum absolute atomic E-state index is 0.0209. The van der Waals surface area contributed by atoms with Gasteiger partial charge in [0.15, 0.2) is 0 Å². The average molecular weight is 322 g/mol. The molecule has 22 heavy (non-hydrogen) atoms. The van der Waals surface area contributed by atoms with Crippen molar-refractivity contribution in [1.82, 2.24) is 10.2 Å². The zero-order valence-electron chi connectivity index (χ0n) is 11.8. The Morgan fingerprint density at radius 3 is 2.73 bits per heavy atom. The number of carbonyl (C=O) groups excluding carboxylic acids is 1. The molecule has 1 aliphatic rings. The summed E-state index contributed by atoms with van der Waals surface area (Å²) in [7, 11) is 0. The van der Waals surface area contributed by atoms with E-state index in [9.17, 15) is 14.7 Å². The standard InChI is InChI=1S/C15H16ClN3O3/c16-13-4-2-1-3-11(13)5-12(14(20)21)7-18-15(22)19-8-10(6-17)9-19/h1-4,10,12H,5,7-9H2,(H,18,22)(H,20,21). The molecule has 1 fully saturated rings. The van der Waals surface area contributed by atoms with Crippen LogP contribution in [0.3, 0.4) is 0 Å². The maximum atomic E-state index is 11.8. The zero-order chi connectivity index (χ0) is 16.1. The van der Waals surface area contributed by atoms with Crippen molar-refractivity contribution in [2.75, 3.05) is 19.6 Å². The van der Waals surface area contributed by atoms with Gasteiger partial charge in [-0.15, -0.1) is 0 Å². The lowest BCUT2D eigenvalue weighted by Crippen LogP contribution is -2.54. The van der Waals surface area contributed by atoms with Crippen LogP contribution in [-0.2, 0) is 11.2 Å². The summed E-state index contributed by atoms with van der Waals surface area (Å²) in [4.78, 5) is 24.6. The van der Waals surface area contributed by atoms with Crippen LogP contribution in [0.15, 0.2) is 24.3 Å². The molecule has 1 aromatic rings. The maximum absolute atomic E-state index is 11.8. The van der Waals surface area contributed by atoms with Crippen molar-refractivity contribution in [3.8, 4) is 6.07 Å². The summed E-state index contributed by atoms with van der Waals surface area (Å²) >= 11 is 6.03. The van der Waals surface area contributed by atoms with Crippen molar-refractivity contribution in [2.45, 2.75) is 6.42 Å². The van der Waals surface area contributed by atoms with E-state index in [-0.39, 0.29) is 24.9 Å². The van der Waals surface area contributed by atoms with Crippen LogP contribution in [0.2, 0.25) is 5.02 Å². The summed E-state index contributed by atoms with van der Waals surface area (Å²) in [6.07, 6.45) is 0.246. The van der Waals surface area contributed by atoms with Gasteiger partial charge in [0.05, 0.1) is 17.9 Å². The highest BCUT2D eigenvalue weighted by Crippen LogP contribution is 2.19. The highest BCUT2D eigenvalue weighted by atomic mass is 35.5. The fourth-order valence-corrected chi connectivity index (χ4v) is 2.44. The van der Waals surface area contributed by atoms with Crippen LogP contribution < -0.4 is 5.32 Å². The lowest BCUT2D eigenvalue weighted by molar-refractivity contribution is -0.141. The molecule has 6 nitrogen and oxygen atoms in total. The van der Waals surface area contributed by atoms with E-state index < -0.39 is 11.9 Å². The molecule has 2 N–H and O–H groups in total. The molecule has 0 saturated carbocycles. The van der Waals surface area contributed by atoms with Gasteiger partial charge >= 0.3 is 12.0 Å². The number of halogens is 1. The van der Waals surface area contributed by atoms with E-state index >= 15 is 0 Å². The summed E-state index contributed by atoms with van der Waals surface area (Å²) in [5.41, 5.74) is 0.735.